The Bertz CT molecular complexity index is 619. The molecule has 0 aromatic carbocycles. The van der Waals surface area contributed by atoms with Gasteiger partial charge in [-0.25, -0.2) is 9.78 Å². The van der Waals surface area contributed by atoms with Crippen LogP contribution >= 0.6 is 11.3 Å². The first-order chi connectivity index (χ1) is 9.72. The molecule has 0 radical (unpaired) electrons. The monoisotopic (exact) mass is 292 g/mol. The molecule has 3 rings (SSSR count). The molecule has 0 bridgehead atoms. The van der Waals surface area contributed by atoms with E-state index in [2.05, 4.69) is 30.4 Å². The number of amides is 2. The van der Waals surface area contributed by atoms with Crippen LogP contribution in [-0.2, 0) is 19.4 Å². The molecule has 2 aromatic heterocycles. The fraction of sp³-hybridized carbons (Fsp3) is 0.500. The number of thiazole rings is 1. The Morgan fingerprint density at radius 1 is 1.50 bits per heavy atom. The highest BCUT2D eigenvalue weighted by molar-refractivity contribution is 7.13. The molecule has 0 unspecified atom stereocenters. The van der Waals surface area contributed by atoms with E-state index < -0.39 is 0 Å². The maximum absolute atomic E-state index is 11.7. The fourth-order valence-corrected chi connectivity index (χ4v) is 2.92. The van der Waals surface area contributed by atoms with Crippen molar-refractivity contribution in [2.24, 2.45) is 0 Å². The molecular formula is C12H16N6OS. The van der Waals surface area contributed by atoms with Crippen LogP contribution in [0.25, 0.3) is 0 Å². The van der Waals surface area contributed by atoms with Gasteiger partial charge in [-0.2, -0.15) is 0 Å². The molecule has 2 amide bonds. The average molecular weight is 292 g/mol. The van der Waals surface area contributed by atoms with Gasteiger partial charge in [0.15, 0.2) is 5.13 Å². The maximum Gasteiger partial charge on any atom is 0.321 e. The average Bonchev–Trinajstić information content (AvgIpc) is 3.08. The van der Waals surface area contributed by atoms with Crippen molar-refractivity contribution >= 4 is 22.5 Å². The molecule has 8 heteroatoms. The first-order valence-corrected chi connectivity index (χ1v) is 7.48. The van der Waals surface area contributed by atoms with Crippen molar-refractivity contribution < 1.29 is 4.79 Å². The molecular weight excluding hydrogens is 276 g/mol. The van der Waals surface area contributed by atoms with E-state index in [4.69, 9.17) is 0 Å². The third kappa shape index (κ3) is 2.79. The summed E-state index contributed by atoms with van der Waals surface area (Å²) in [5.41, 5.74) is 0.907. The van der Waals surface area contributed by atoms with Crippen LogP contribution in [0.5, 0.6) is 0 Å². The van der Waals surface area contributed by atoms with Crippen molar-refractivity contribution in [2.75, 3.05) is 11.9 Å². The quantitative estimate of drug-likeness (QED) is 0.891. The number of carbonyl (C=O) groups excluding carboxylic acids is 1. The van der Waals surface area contributed by atoms with Gasteiger partial charge in [0.2, 0.25) is 0 Å². The van der Waals surface area contributed by atoms with Crippen LogP contribution in [-0.4, -0.2) is 32.3 Å². The third-order valence-electron chi connectivity index (χ3n) is 3.16. The summed E-state index contributed by atoms with van der Waals surface area (Å²) in [5, 5.41) is 16.3. The summed E-state index contributed by atoms with van der Waals surface area (Å²) in [7, 11) is 0. The van der Waals surface area contributed by atoms with E-state index in [1.165, 1.54) is 11.3 Å². The molecule has 0 saturated heterocycles. The number of aromatic nitrogens is 4. The molecule has 2 N–H and O–H groups in total. The number of urea groups is 1. The maximum atomic E-state index is 11.7. The molecule has 0 spiro atoms. The van der Waals surface area contributed by atoms with Gasteiger partial charge >= 0.3 is 6.03 Å². The van der Waals surface area contributed by atoms with Gasteiger partial charge in [0.1, 0.15) is 11.6 Å². The normalized spacial score (nSPS) is 13.2. The highest BCUT2D eigenvalue weighted by Crippen LogP contribution is 2.15. The summed E-state index contributed by atoms with van der Waals surface area (Å²) < 4.78 is 2.14. The van der Waals surface area contributed by atoms with Gasteiger partial charge in [-0.05, 0) is 13.3 Å². The van der Waals surface area contributed by atoms with Gasteiger partial charge in [0.05, 0.1) is 5.69 Å². The van der Waals surface area contributed by atoms with Crippen LogP contribution < -0.4 is 10.6 Å². The van der Waals surface area contributed by atoms with Crippen LogP contribution in [0.2, 0.25) is 0 Å². The van der Waals surface area contributed by atoms with Crippen molar-refractivity contribution in [3.8, 4) is 0 Å². The van der Waals surface area contributed by atoms with Crippen molar-refractivity contribution in [1.82, 2.24) is 25.1 Å². The van der Waals surface area contributed by atoms with Crippen LogP contribution in [0, 0.1) is 6.92 Å². The zero-order valence-corrected chi connectivity index (χ0v) is 12.0. The number of nitrogens with one attached hydrogen (secondary N) is 2. The first-order valence-electron chi connectivity index (χ1n) is 6.60. The van der Waals surface area contributed by atoms with Crippen LogP contribution in [0.1, 0.15) is 23.8 Å². The van der Waals surface area contributed by atoms with Crippen molar-refractivity contribution in [1.29, 1.82) is 0 Å². The molecule has 106 valence electrons. The van der Waals surface area contributed by atoms with Crippen molar-refractivity contribution in [2.45, 2.75) is 32.7 Å². The van der Waals surface area contributed by atoms with Gasteiger partial charge in [0.25, 0.3) is 0 Å². The van der Waals surface area contributed by atoms with E-state index >= 15 is 0 Å². The van der Waals surface area contributed by atoms with Crippen molar-refractivity contribution in [3.63, 3.8) is 0 Å². The number of fused-ring (bicyclic) bond motifs is 1. The molecule has 20 heavy (non-hydrogen) atoms. The second-order valence-electron chi connectivity index (χ2n) is 4.71. The lowest BCUT2D eigenvalue weighted by Gasteiger charge is -2.05. The summed E-state index contributed by atoms with van der Waals surface area (Å²) in [4.78, 5) is 15.9. The predicted molar refractivity (Wildman–Crippen MR) is 75.9 cm³/mol. The van der Waals surface area contributed by atoms with Gasteiger partial charge in [-0.1, -0.05) is 0 Å². The molecule has 7 nitrogen and oxygen atoms in total. The number of hydrogen-bond acceptors (Lipinski definition) is 5. The lowest BCUT2D eigenvalue weighted by Crippen LogP contribution is -2.30. The van der Waals surface area contributed by atoms with E-state index in [1.807, 2.05) is 12.3 Å². The molecule has 0 atom stereocenters. The molecule has 2 aromatic rings. The molecule has 1 aliphatic heterocycles. The molecule has 3 heterocycles. The van der Waals surface area contributed by atoms with Gasteiger partial charge in [0, 0.05) is 31.3 Å². The first kappa shape index (κ1) is 13.0. The Labute approximate surface area is 120 Å². The number of aryl methyl sites for hydroxylation is 2. The smallest absolute Gasteiger partial charge is 0.321 e. The van der Waals surface area contributed by atoms with Gasteiger partial charge in [-0.3, -0.25) is 5.32 Å². The number of carbonyl (C=O) groups is 1. The minimum atomic E-state index is -0.236. The van der Waals surface area contributed by atoms with Crippen LogP contribution in [0.15, 0.2) is 5.38 Å². The summed E-state index contributed by atoms with van der Waals surface area (Å²) in [6.07, 6.45) is 2.83. The van der Waals surface area contributed by atoms with E-state index in [9.17, 15) is 4.79 Å². The summed E-state index contributed by atoms with van der Waals surface area (Å²) in [6, 6.07) is -0.236. The van der Waals surface area contributed by atoms with E-state index in [-0.39, 0.29) is 6.03 Å². The minimum absolute atomic E-state index is 0.236. The second kappa shape index (κ2) is 5.58. The lowest BCUT2D eigenvalue weighted by atomic mass is 10.4. The molecule has 1 aliphatic rings. The Balaban J connectivity index is 1.46. The highest BCUT2D eigenvalue weighted by Gasteiger charge is 2.16. The van der Waals surface area contributed by atoms with E-state index in [0.717, 1.165) is 36.7 Å². The Kier molecular flexibility index (Phi) is 3.64. The van der Waals surface area contributed by atoms with Crippen molar-refractivity contribution in [3.05, 3.63) is 22.7 Å². The molecule has 0 fully saturated rings. The summed E-state index contributed by atoms with van der Waals surface area (Å²) >= 11 is 1.42. The zero-order chi connectivity index (χ0) is 13.9. The molecule has 0 saturated carbocycles. The summed E-state index contributed by atoms with van der Waals surface area (Å²) in [6.45, 7) is 3.42. The predicted octanol–water partition coefficient (Wildman–Crippen LogP) is 1.35. The number of hydrogen-bond donors (Lipinski definition) is 2. The van der Waals surface area contributed by atoms with Crippen LogP contribution in [0.3, 0.4) is 0 Å². The number of nitrogens with zero attached hydrogens (tertiary/aromatic N) is 4. The topological polar surface area (TPSA) is 84.7 Å². The SMILES string of the molecule is Cc1csc(NC(=O)NCCc2nnc3n2CCC3)n1. The Hall–Kier alpha value is -1.96. The summed E-state index contributed by atoms with van der Waals surface area (Å²) in [5.74, 6) is 2.01. The Morgan fingerprint density at radius 3 is 3.20 bits per heavy atom. The van der Waals surface area contributed by atoms with Gasteiger partial charge < -0.3 is 9.88 Å². The van der Waals surface area contributed by atoms with Gasteiger partial charge in [-0.15, -0.1) is 21.5 Å². The highest BCUT2D eigenvalue weighted by atomic mass is 32.1. The second-order valence-corrected chi connectivity index (χ2v) is 5.57. The number of anilines is 1. The van der Waals surface area contributed by atoms with E-state index in [1.54, 1.807) is 0 Å². The standard InChI is InChI=1S/C12H16N6OS/c1-8-7-20-12(14-8)15-11(19)13-5-4-10-17-16-9-3-2-6-18(9)10/h7H,2-6H2,1H3,(H2,13,14,15,19). The zero-order valence-electron chi connectivity index (χ0n) is 11.2. The van der Waals surface area contributed by atoms with E-state index in [0.29, 0.717) is 18.1 Å². The lowest BCUT2D eigenvalue weighted by molar-refractivity contribution is 0.252. The Morgan fingerprint density at radius 2 is 2.40 bits per heavy atom. The third-order valence-corrected chi connectivity index (χ3v) is 4.04. The largest absolute Gasteiger partial charge is 0.337 e. The van der Waals surface area contributed by atoms with Crippen LogP contribution in [0.4, 0.5) is 9.93 Å². The molecule has 0 aliphatic carbocycles. The minimum Gasteiger partial charge on any atom is -0.337 e. The fourth-order valence-electron chi connectivity index (χ4n) is 2.24. The number of rotatable bonds is 4.